The summed E-state index contributed by atoms with van der Waals surface area (Å²) in [6.07, 6.45) is 0. The molecule has 3 rings (SSSR count). The van der Waals surface area contributed by atoms with Gasteiger partial charge in [-0.05, 0) is 18.6 Å². The summed E-state index contributed by atoms with van der Waals surface area (Å²) in [6, 6.07) is 16.3. The lowest BCUT2D eigenvalue weighted by Gasteiger charge is -2.24. The van der Waals surface area contributed by atoms with Crippen molar-refractivity contribution in [2.45, 2.75) is 19.1 Å². The SMILES string of the molecule is C=C(C(=O)OCC)C1(O)C(=O)N(Cc2ccccc2)c2ccccc21. The Labute approximate surface area is 146 Å². The Hall–Kier alpha value is -2.92. The van der Waals surface area contributed by atoms with Gasteiger partial charge in [0.15, 0.2) is 0 Å². The molecule has 1 aliphatic rings. The van der Waals surface area contributed by atoms with Gasteiger partial charge in [0.1, 0.15) is 0 Å². The van der Waals surface area contributed by atoms with Gasteiger partial charge in [-0.25, -0.2) is 4.79 Å². The molecule has 2 aromatic carbocycles. The first-order chi connectivity index (χ1) is 12.0. The minimum absolute atomic E-state index is 0.136. The normalized spacial score (nSPS) is 18.8. The van der Waals surface area contributed by atoms with E-state index in [-0.39, 0.29) is 18.7 Å². The van der Waals surface area contributed by atoms with Crippen LogP contribution in [0, 0.1) is 0 Å². The van der Waals surface area contributed by atoms with Crippen LogP contribution < -0.4 is 4.90 Å². The zero-order chi connectivity index (χ0) is 18.0. The van der Waals surface area contributed by atoms with E-state index in [0.717, 1.165) is 5.56 Å². The summed E-state index contributed by atoms with van der Waals surface area (Å²) in [4.78, 5) is 26.6. The van der Waals surface area contributed by atoms with Crippen molar-refractivity contribution in [3.05, 3.63) is 77.9 Å². The molecule has 5 heteroatoms. The molecule has 1 amide bonds. The molecule has 1 N–H and O–H groups in total. The second-order valence-electron chi connectivity index (χ2n) is 5.80. The number of carbonyl (C=O) groups excluding carboxylic acids is 2. The lowest BCUT2D eigenvalue weighted by Crippen LogP contribution is -2.43. The summed E-state index contributed by atoms with van der Waals surface area (Å²) < 4.78 is 4.93. The van der Waals surface area contributed by atoms with E-state index in [4.69, 9.17) is 4.74 Å². The van der Waals surface area contributed by atoms with Crippen molar-refractivity contribution in [3.8, 4) is 0 Å². The first-order valence-electron chi connectivity index (χ1n) is 8.04. The van der Waals surface area contributed by atoms with Gasteiger partial charge in [-0.1, -0.05) is 55.1 Å². The van der Waals surface area contributed by atoms with Gasteiger partial charge in [0.25, 0.3) is 5.91 Å². The molecule has 1 atom stereocenters. The Balaban J connectivity index is 2.03. The number of anilines is 1. The summed E-state index contributed by atoms with van der Waals surface area (Å²) in [6.45, 7) is 5.72. The van der Waals surface area contributed by atoms with E-state index < -0.39 is 17.5 Å². The Bertz CT molecular complexity index is 831. The molecule has 1 aliphatic heterocycles. The first kappa shape index (κ1) is 16.9. The number of para-hydroxylation sites is 1. The molecule has 5 nitrogen and oxygen atoms in total. The third-order valence-corrected chi connectivity index (χ3v) is 4.28. The van der Waals surface area contributed by atoms with Crippen LogP contribution in [-0.4, -0.2) is 23.6 Å². The molecule has 128 valence electrons. The minimum Gasteiger partial charge on any atom is -0.463 e. The van der Waals surface area contributed by atoms with E-state index in [2.05, 4.69) is 6.58 Å². The van der Waals surface area contributed by atoms with Gasteiger partial charge in [-0.3, -0.25) is 4.79 Å². The van der Waals surface area contributed by atoms with Crippen molar-refractivity contribution < 1.29 is 19.4 Å². The molecule has 0 aromatic heterocycles. The first-order valence-corrected chi connectivity index (χ1v) is 8.04. The van der Waals surface area contributed by atoms with Crippen molar-refractivity contribution in [2.24, 2.45) is 0 Å². The van der Waals surface area contributed by atoms with Gasteiger partial charge in [0.2, 0.25) is 5.60 Å². The van der Waals surface area contributed by atoms with Gasteiger partial charge in [-0.15, -0.1) is 0 Å². The maximum Gasteiger partial charge on any atom is 0.337 e. The lowest BCUT2D eigenvalue weighted by molar-refractivity contribution is -0.145. The van der Waals surface area contributed by atoms with Crippen LogP contribution in [0.3, 0.4) is 0 Å². The second-order valence-corrected chi connectivity index (χ2v) is 5.80. The zero-order valence-electron chi connectivity index (χ0n) is 13.9. The molecule has 1 unspecified atom stereocenters. The molecule has 0 saturated carbocycles. The molecule has 0 bridgehead atoms. The van der Waals surface area contributed by atoms with E-state index in [9.17, 15) is 14.7 Å². The van der Waals surface area contributed by atoms with Crippen molar-refractivity contribution in [3.63, 3.8) is 0 Å². The molecule has 0 aliphatic carbocycles. The quantitative estimate of drug-likeness (QED) is 0.672. The van der Waals surface area contributed by atoms with Crippen molar-refractivity contribution in [1.82, 2.24) is 0 Å². The van der Waals surface area contributed by atoms with Crippen LogP contribution >= 0.6 is 0 Å². The Morgan fingerprint density at radius 2 is 1.80 bits per heavy atom. The largest absolute Gasteiger partial charge is 0.463 e. The third-order valence-electron chi connectivity index (χ3n) is 4.28. The number of benzene rings is 2. The third kappa shape index (κ3) is 2.72. The number of fused-ring (bicyclic) bond motifs is 1. The maximum absolute atomic E-state index is 13.0. The van der Waals surface area contributed by atoms with Crippen molar-refractivity contribution in [2.75, 3.05) is 11.5 Å². The Kier molecular flexibility index (Phi) is 4.42. The van der Waals surface area contributed by atoms with E-state index in [1.807, 2.05) is 30.3 Å². The van der Waals surface area contributed by atoms with Crippen LogP contribution in [0.15, 0.2) is 66.7 Å². The molecule has 0 spiro atoms. The van der Waals surface area contributed by atoms with Gasteiger partial charge in [-0.2, -0.15) is 0 Å². The highest BCUT2D eigenvalue weighted by Crippen LogP contribution is 2.44. The van der Waals surface area contributed by atoms with Crippen LogP contribution in [0.2, 0.25) is 0 Å². The van der Waals surface area contributed by atoms with Gasteiger partial charge < -0.3 is 14.7 Å². The number of carbonyl (C=O) groups is 2. The van der Waals surface area contributed by atoms with Gasteiger partial charge in [0.05, 0.1) is 24.4 Å². The van der Waals surface area contributed by atoms with E-state index in [0.29, 0.717) is 11.3 Å². The number of hydrogen-bond donors (Lipinski definition) is 1. The van der Waals surface area contributed by atoms with E-state index >= 15 is 0 Å². The average molecular weight is 337 g/mol. The molecular formula is C20H19NO4. The van der Waals surface area contributed by atoms with Crippen LogP contribution in [-0.2, 0) is 26.5 Å². The molecular weight excluding hydrogens is 318 g/mol. The number of rotatable bonds is 5. The van der Waals surface area contributed by atoms with Gasteiger partial charge in [0, 0.05) is 5.56 Å². The predicted molar refractivity (Wildman–Crippen MR) is 93.7 cm³/mol. The number of ether oxygens (including phenoxy) is 1. The summed E-state index contributed by atoms with van der Waals surface area (Å²) in [7, 11) is 0. The highest BCUT2D eigenvalue weighted by Gasteiger charge is 2.53. The molecule has 2 aromatic rings. The fraction of sp³-hybridized carbons (Fsp3) is 0.200. The average Bonchev–Trinajstić information content (AvgIpc) is 2.85. The molecule has 0 saturated heterocycles. The highest BCUT2D eigenvalue weighted by atomic mass is 16.5. The predicted octanol–water partition coefficient (Wildman–Crippen LogP) is 2.54. The van der Waals surface area contributed by atoms with Crippen molar-refractivity contribution >= 4 is 17.6 Å². The van der Waals surface area contributed by atoms with Crippen molar-refractivity contribution in [1.29, 1.82) is 0 Å². The smallest absolute Gasteiger partial charge is 0.337 e. The van der Waals surface area contributed by atoms with Gasteiger partial charge >= 0.3 is 5.97 Å². The number of aliphatic hydroxyl groups is 1. The standard InChI is InChI=1S/C20H19NO4/c1-3-25-18(22)14(2)20(24)16-11-7-8-12-17(16)21(19(20)23)13-15-9-5-4-6-10-15/h4-12,24H,2-3,13H2,1H3. The zero-order valence-corrected chi connectivity index (χ0v) is 13.9. The highest BCUT2D eigenvalue weighted by molar-refractivity contribution is 6.13. The monoisotopic (exact) mass is 337 g/mol. The number of amides is 1. The molecule has 1 heterocycles. The summed E-state index contributed by atoms with van der Waals surface area (Å²) in [5, 5.41) is 11.1. The minimum atomic E-state index is -2.11. The second kappa shape index (κ2) is 6.53. The van der Waals surface area contributed by atoms with Crippen LogP contribution in [0.5, 0.6) is 0 Å². The molecule has 0 radical (unpaired) electrons. The van der Waals surface area contributed by atoms with Crippen LogP contribution in [0.1, 0.15) is 18.1 Å². The molecule has 25 heavy (non-hydrogen) atoms. The van der Waals surface area contributed by atoms with E-state index in [1.165, 1.54) is 4.90 Å². The number of esters is 1. The topological polar surface area (TPSA) is 66.8 Å². The maximum atomic E-state index is 13.0. The van der Waals surface area contributed by atoms with E-state index in [1.54, 1.807) is 31.2 Å². The fourth-order valence-electron chi connectivity index (χ4n) is 3.02. The fourth-order valence-corrected chi connectivity index (χ4v) is 3.02. The summed E-state index contributed by atoms with van der Waals surface area (Å²) in [5.74, 6) is -1.38. The number of hydrogen-bond acceptors (Lipinski definition) is 4. The Morgan fingerprint density at radius 3 is 2.48 bits per heavy atom. The summed E-state index contributed by atoms with van der Waals surface area (Å²) in [5.41, 5.74) is -0.574. The van der Waals surface area contributed by atoms with Crippen LogP contribution in [0.4, 0.5) is 5.69 Å². The number of nitrogens with zero attached hydrogens (tertiary/aromatic N) is 1. The molecule has 0 fully saturated rings. The summed E-state index contributed by atoms with van der Waals surface area (Å²) >= 11 is 0. The lowest BCUT2D eigenvalue weighted by atomic mass is 9.88. The Morgan fingerprint density at radius 1 is 1.16 bits per heavy atom. The van der Waals surface area contributed by atoms with Crippen LogP contribution in [0.25, 0.3) is 0 Å².